The molecule has 64 heavy (non-hydrogen) atoms. The first-order chi connectivity index (χ1) is 31.4. The summed E-state index contributed by atoms with van der Waals surface area (Å²) in [4.78, 5) is 22.6. The number of nitrogens with two attached hydrogens (primary N) is 1. The van der Waals surface area contributed by atoms with Gasteiger partial charge in [-0.2, -0.15) is 0 Å². The fourth-order valence-corrected chi connectivity index (χ4v) is 6.80. The lowest BCUT2D eigenvalue weighted by atomic mass is 10.1. The molecule has 8 nitrogen and oxygen atoms in total. The first-order valence-corrected chi connectivity index (χ1v) is 26.2. The average molecular weight is 908 g/mol. The van der Waals surface area contributed by atoms with E-state index >= 15 is 0 Å². The molecule has 0 aromatic rings. The predicted octanol–water partition coefficient (Wildman–Crippen LogP) is 15.5. The van der Waals surface area contributed by atoms with E-state index in [1.807, 2.05) is 0 Å². The number of carbonyl (C=O) groups excluding carboxylic acids is 1. The van der Waals surface area contributed by atoms with Crippen LogP contribution in [0, 0.1) is 0 Å². The van der Waals surface area contributed by atoms with Gasteiger partial charge < -0.3 is 20.1 Å². The molecule has 0 aliphatic rings. The van der Waals surface area contributed by atoms with E-state index < -0.39 is 19.9 Å². The summed E-state index contributed by atoms with van der Waals surface area (Å²) in [6, 6.07) is 0. The van der Waals surface area contributed by atoms with Crippen LogP contribution in [0.4, 0.5) is 0 Å². The van der Waals surface area contributed by atoms with Gasteiger partial charge in [-0.1, -0.05) is 192 Å². The number of unbranched alkanes of at least 4 members (excludes halogenated alkanes) is 10. The summed E-state index contributed by atoms with van der Waals surface area (Å²) in [7, 11) is -4.31. The topological polar surface area (TPSA) is 117 Å². The Hall–Kier alpha value is -3.36. The maximum Gasteiger partial charge on any atom is 0.472 e. The molecular formula is C55H90NO7P. The molecule has 0 spiro atoms. The summed E-state index contributed by atoms with van der Waals surface area (Å²) >= 11 is 0. The van der Waals surface area contributed by atoms with Gasteiger partial charge in [0.2, 0.25) is 0 Å². The van der Waals surface area contributed by atoms with Crippen LogP contribution in [0.25, 0.3) is 0 Å². The Labute approximate surface area is 391 Å². The second-order valence-electron chi connectivity index (χ2n) is 15.6. The zero-order valence-corrected chi connectivity index (χ0v) is 41.1. The molecule has 0 aromatic heterocycles. The Balaban J connectivity index is 4.13. The van der Waals surface area contributed by atoms with Crippen LogP contribution in [-0.2, 0) is 27.9 Å². The molecule has 362 valence electrons. The van der Waals surface area contributed by atoms with Crippen LogP contribution in [0.2, 0.25) is 0 Å². The highest BCUT2D eigenvalue weighted by Crippen LogP contribution is 2.43. The minimum absolute atomic E-state index is 0.0788. The first kappa shape index (κ1) is 60.6. The van der Waals surface area contributed by atoms with Crippen LogP contribution in [0.5, 0.6) is 0 Å². The van der Waals surface area contributed by atoms with Gasteiger partial charge in [0, 0.05) is 19.6 Å². The number of esters is 1. The number of hydrogen-bond donors (Lipinski definition) is 2. The largest absolute Gasteiger partial charge is 0.472 e. The Bertz CT molecular complexity index is 1440. The molecule has 0 radical (unpaired) electrons. The molecule has 0 amide bonds. The van der Waals surface area contributed by atoms with Gasteiger partial charge in [0.1, 0.15) is 6.10 Å². The average Bonchev–Trinajstić information content (AvgIpc) is 3.29. The van der Waals surface area contributed by atoms with Crippen LogP contribution in [-0.4, -0.2) is 49.9 Å². The summed E-state index contributed by atoms with van der Waals surface area (Å²) in [6.07, 6.45) is 72.0. The molecule has 0 rings (SSSR count). The summed E-state index contributed by atoms with van der Waals surface area (Å²) in [5, 5.41) is 0. The molecule has 9 heteroatoms. The molecular weight excluding hydrogens is 818 g/mol. The lowest BCUT2D eigenvalue weighted by Crippen LogP contribution is -2.28. The van der Waals surface area contributed by atoms with Crippen molar-refractivity contribution in [2.75, 3.05) is 33.0 Å². The molecule has 0 saturated heterocycles. The third-order valence-corrected chi connectivity index (χ3v) is 10.5. The van der Waals surface area contributed by atoms with Crippen molar-refractivity contribution in [3.8, 4) is 0 Å². The van der Waals surface area contributed by atoms with Gasteiger partial charge in [-0.25, -0.2) is 4.57 Å². The van der Waals surface area contributed by atoms with Gasteiger partial charge >= 0.3 is 13.8 Å². The SMILES string of the molecule is CC/C=C\C/C=C\C/C=C\C/C=C\C/C=C\C/C=C\C/C=C\CCCC(=O)OC(COCCCCCCCCCCC/C=C\C/C=C\C/C=C\C/C=C\CC)COP(=O)(O)OCCN. The van der Waals surface area contributed by atoms with Crippen molar-refractivity contribution in [3.05, 3.63) is 134 Å². The molecule has 0 saturated carbocycles. The zero-order chi connectivity index (χ0) is 46.5. The maximum atomic E-state index is 12.6. The third kappa shape index (κ3) is 49.7. The molecule has 0 heterocycles. The van der Waals surface area contributed by atoms with Crippen molar-refractivity contribution >= 4 is 13.8 Å². The van der Waals surface area contributed by atoms with Crippen LogP contribution in [0.1, 0.15) is 168 Å². The normalized spacial score (nSPS) is 14.5. The molecule has 0 aliphatic heterocycles. The first-order valence-electron chi connectivity index (χ1n) is 24.7. The summed E-state index contributed by atoms with van der Waals surface area (Å²) in [6.45, 7) is 4.57. The lowest BCUT2D eigenvalue weighted by molar-refractivity contribution is -0.154. The van der Waals surface area contributed by atoms with E-state index in [1.54, 1.807) is 0 Å². The van der Waals surface area contributed by atoms with E-state index in [9.17, 15) is 14.3 Å². The van der Waals surface area contributed by atoms with Gasteiger partial charge in [-0.3, -0.25) is 13.8 Å². The van der Waals surface area contributed by atoms with Crippen molar-refractivity contribution in [3.63, 3.8) is 0 Å². The van der Waals surface area contributed by atoms with E-state index in [-0.39, 0.29) is 32.8 Å². The fraction of sp³-hybridized carbons (Fsp3) is 0.582. The maximum absolute atomic E-state index is 12.6. The van der Waals surface area contributed by atoms with Crippen molar-refractivity contribution in [2.24, 2.45) is 5.73 Å². The van der Waals surface area contributed by atoms with Crippen molar-refractivity contribution < 1.29 is 32.8 Å². The molecule has 2 atom stereocenters. The second-order valence-corrected chi connectivity index (χ2v) is 17.0. The highest BCUT2D eigenvalue weighted by Gasteiger charge is 2.25. The molecule has 0 bridgehead atoms. The monoisotopic (exact) mass is 908 g/mol. The van der Waals surface area contributed by atoms with E-state index in [1.165, 1.54) is 38.5 Å². The molecule has 2 unspecified atom stereocenters. The van der Waals surface area contributed by atoms with E-state index in [0.29, 0.717) is 13.0 Å². The highest BCUT2D eigenvalue weighted by atomic mass is 31.2. The van der Waals surface area contributed by atoms with Gasteiger partial charge in [0.05, 0.1) is 19.8 Å². The quantitative estimate of drug-likeness (QED) is 0.0268. The Morgan fingerprint density at radius 3 is 1.23 bits per heavy atom. The van der Waals surface area contributed by atoms with Gasteiger partial charge in [-0.15, -0.1) is 0 Å². The van der Waals surface area contributed by atoms with E-state index in [2.05, 4.69) is 148 Å². The van der Waals surface area contributed by atoms with Gasteiger partial charge in [-0.05, 0) is 103 Å². The standard InChI is InChI=1S/C55H90NO7P/c1-3-5-7-9-11-13-15-17-19-21-23-25-27-28-30-32-34-36-38-40-42-44-46-48-55(57)63-54(53-62-64(58,59)61-51-49-56)52-60-50-47-45-43-41-39-37-35-33-31-29-26-24-22-20-18-16-14-12-10-8-6-4-2/h5-8,11-14,17-20,23-26,28,30,34,36,40,42,54H,3-4,9-10,15-16,21-22,27,29,31-33,35,37-39,41,43-53,56H2,1-2H3,(H,58,59)/b7-5-,8-6-,13-11-,14-12-,19-17-,20-18-,25-23-,26-24-,30-28-,36-34-,42-40-. The van der Waals surface area contributed by atoms with Gasteiger partial charge in [0.25, 0.3) is 0 Å². The number of allylic oxidation sites excluding steroid dienone is 22. The summed E-state index contributed by atoms with van der Waals surface area (Å²) in [5.74, 6) is -0.395. The smallest absolute Gasteiger partial charge is 0.457 e. The molecule has 0 aliphatic carbocycles. The lowest BCUT2D eigenvalue weighted by Gasteiger charge is -2.20. The number of phosphoric acid groups is 1. The van der Waals surface area contributed by atoms with Crippen LogP contribution >= 0.6 is 7.82 Å². The van der Waals surface area contributed by atoms with Crippen molar-refractivity contribution in [1.29, 1.82) is 0 Å². The van der Waals surface area contributed by atoms with Gasteiger partial charge in [0.15, 0.2) is 0 Å². The van der Waals surface area contributed by atoms with Crippen LogP contribution in [0.15, 0.2) is 134 Å². The van der Waals surface area contributed by atoms with Crippen LogP contribution < -0.4 is 5.73 Å². The van der Waals surface area contributed by atoms with E-state index in [0.717, 1.165) is 103 Å². The molecule has 0 aromatic carbocycles. The fourth-order valence-electron chi connectivity index (χ4n) is 6.03. The number of rotatable bonds is 45. The minimum Gasteiger partial charge on any atom is -0.457 e. The molecule has 3 N–H and O–H groups in total. The third-order valence-electron chi connectivity index (χ3n) is 9.56. The summed E-state index contributed by atoms with van der Waals surface area (Å²) in [5.41, 5.74) is 5.38. The van der Waals surface area contributed by atoms with Crippen molar-refractivity contribution in [2.45, 2.75) is 174 Å². The Kier molecular flexibility index (Phi) is 48.0. The zero-order valence-electron chi connectivity index (χ0n) is 40.2. The molecule has 0 fully saturated rings. The highest BCUT2D eigenvalue weighted by molar-refractivity contribution is 7.47. The second kappa shape index (κ2) is 50.6. The Morgan fingerprint density at radius 2 is 0.828 bits per heavy atom. The van der Waals surface area contributed by atoms with Crippen LogP contribution in [0.3, 0.4) is 0 Å². The number of hydrogen-bond acceptors (Lipinski definition) is 7. The number of carbonyl (C=O) groups is 1. The van der Waals surface area contributed by atoms with Crippen molar-refractivity contribution in [1.82, 2.24) is 0 Å². The van der Waals surface area contributed by atoms with E-state index in [4.69, 9.17) is 24.3 Å². The minimum atomic E-state index is -4.31. The predicted molar refractivity (Wildman–Crippen MR) is 274 cm³/mol. The number of phosphoric ester groups is 1. The number of ether oxygens (including phenoxy) is 2. The summed E-state index contributed by atoms with van der Waals surface area (Å²) < 4.78 is 33.5. The Morgan fingerprint density at radius 1 is 0.469 bits per heavy atom.